The number of carboxylic acids is 1. The van der Waals surface area contributed by atoms with Crippen LogP contribution in [-0.2, 0) is 21.1 Å². The van der Waals surface area contributed by atoms with E-state index >= 15 is 0 Å². The number of nitrogens with zero attached hydrogens (tertiary/aromatic N) is 1. The fraction of sp³-hybridized carbons (Fsp3) is 0.462. The predicted molar refractivity (Wildman–Crippen MR) is 90.0 cm³/mol. The van der Waals surface area contributed by atoms with Gasteiger partial charge in [-0.2, -0.15) is 0 Å². The second-order valence-corrected chi connectivity index (χ2v) is 8.48. The molecule has 24 heavy (non-hydrogen) atoms. The molecule has 0 fully saturated rings. The lowest BCUT2D eigenvalue weighted by Gasteiger charge is -2.22. The van der Waals surface area contributed by atoms with Crippen LogP contribution in [0.25, 0.3) is 0 Å². The third-order valence-corrected chi connectivity index (χ3v) is 6.15. The normalized spacial score (nSPS) is 12.8. The van der Waals surface area contributed by atoms with Gasteiger partial charge in [0.1, 0.15) is 21.2 Å². The van der Waals surface area contributed by atoms with Crippen molar-refractivity contribution in [3.8, 4) is 0 Å². The minimum atomic E-state index is -3.27. The van der Waals surface area contributed by atoms with Gasteiger partial charge in [0.15, 0.2) is 0 Å². The summed E-state index contributed by atoms with van der Waals surface area (Å²) in [6.45, 7) is 1.55. The largest absolute Gasteiger partial charge is 0.478 e. The number of carboxylic acid groups (broad SMARTS) is 1. The van der Waals surface area contributed by atoms with Crippen molar-refractivity contribution in [1.82, 2.24) is 0 Å². The van der Waals surface area contributed by atoms with E-state index in [1.54, 1.807) is 6.92 Å². The van der Waals surface area contributed by atoms with Crippen LogP contribution in [0.3, 0.4) is 0 Å². The summed E-state index contributed by atoms with van der Waals surface area (Å²) in [5.74, 6) is -2.88. The van der Waals surface area contributed by atoms with Crippen LogP contribution < -0.4 is 4.31 Å². The molecule has 1 aromatic carbocycles. The van der Waals surface area contributed by atoms with E-state index in [9.17, 15) is 26.4 Å². The minimum Gasteiger partial charge on any atom is -0.478 e. The molecule has 0 radical (unpaired) electrons. The van der Waals surface area contributed by atoms with Crippen molar-refractivity contribution in [2.75, 3.05) is 22.4 Å². The summed E-state index contributed by atoms with van der Waals surface area (Å²) in [6.07, 6.45) is 0.495. The van der Waals surface area contributed by atoms with Gasteiger partial charge in [-0.15, -0.1) is 0 Å². The van der Waals surface area contributed by atoms with Gasteiger partial charge in [-0.3, -0.25) is 8.86 Å². The Morgan fingerprint density at radius 2 is 2.00 bits per heavy atom. The molecular formula is C13H17ClFNO6S2. The van der Waals surface area contributed by atoms with Gasteiger partial charge in [-0.05, 0) is 25.0 Å². The smallest absolute Gasteiger partial charge is 0.340 e. The molecule has 136 valence electrons. The van der Waals surface area contributed by atoms with Gasteiger partial charge in [0, 0.05) is 12.3 Å². The maximum absolute atomic E-state index is 13.5. The number of aromatic carboxylic acids is 1. The first-order valence-electron chi connectivity index (χ1n) is 6.91. The van der Waals surface area contributed by atoms with Crippen LogP contribution in [0.1, 0.15) is 30.1 Å². The quantitative estimate of drug-likeness (QED) is 0.614. The Kier molecular flexibility index (Phi) is 7.58. The van der Waals surface area contributed by atoms with Gasteiger partial charge < -0.3 is 5.11 Å². The topological polar surface area (TPSA) is 112 Å². The first-order valence-corrected chi connectivity index (χ1v) is 10.2. The number of benzene rings is 1. The maximum atomic E-state index is 13.5. The Bertz CT molecular complexity index is 740. The minimum absolute atomic E-state index is 0.00960. The van der Waals surface area contributed by atoms with E-state index in [-0.39, 0.29) is 30.2 Å². The van der Waals surface area contributed by atoms with Crippen molar-refractivity contribution in [3.05, 3.63) is 28.5 Å². The average Bonchev–Trinajstić information content (AvgIpc) is 2.44. The third-order valence-electron chi connectivity index (χ3n) is 3.07. The highest BCUT2D eigenvalue weighted by Gasteiger charge is 2.24. The van der Waals surface area contributed by atoms with Crippen LogP contribution in [0.5, 0.6) is 0 Å². The number of rotatable bonds is 9. The zero-order valence-electron chi connectivity index (χ0n) is 12.7. The highest BCUT2D eigenvalue weighted by atomic mass is 35.5. The molecule has 0 aliphatic rings. The van der Waals surface area contributed by atoms with Crippen LogP contribution >= 0.6 is 11.6 Å². The van der Waals surface area contributed by atoms with Crippen LogP contribution in [0, 0.1) is 5.82 Å². The third kappa shape index (κ3) is 5.40. The second-order valence-electron chi connectivity index (χ2n) is 4.90. The molecule has 0 spiro atoms. The molecule has 0 saturated heterocycles. The number of hydrogen-bond acceptors (Lipinski definition) is 4. The van der Waals surface area contributed by atoms with Crippen LogP contribution in [0.4, 0.5) is 10.1 Å². The van der Waals surface area contributed by atoms with Crippen molar-refractivity contribution in [1.29, 1.82) is 0 Å². The lowest BCUT2D eigenvalue weighted by Crippen LogP contribution is -2.29. The molecule has 1 unspecified atom stereocenters. The van der Waals surface area contributed by atoms with E-state index in [2.05, 4.69) is 0 Å². The Hall–Kier alpha value is -1.23. The highest BCUT2D eigenvalue weighted by molar-refractivity contribution is 7.91. The Morgan fingerprint density at radius 1 is 1.38 bits per heavy atom. The van der Waals surface area contributed by atoms with Gasteiger partial charge >= 0.3 is 5.97 Å². The highest BCUT2D eigenvalue weighted by Crippen LogP contribution is 2.32. The fourth-order valence-corrected chi connectivity index (χ4v) is 4.44. The molecule has 11 heteroatoms. The molecule has 1 rings (SSSR count). The van der Waals surface area contributed by atoms with Crippen LogP contribution in [0.2, 0.25) is 5.02 Å². The zero-order chi connectivity index (χ0) is 18.5. The fourth-order valence-electron chi connectivity index (χ4n) is 2.05. The van der Waals surface area contributed by atoms with E-state index in [4.69, 9.17) is 16.7 Å². The van der Waals surface area contributed by atoms with Gasteiger partial charge in [-0.1, -0.05) is 18.5 Å². The second kappa shape index (κ2) is 8.75. The van der Waals surface area contributed by atoms with E-state index < -0.39 is 43.5 Å². The summed E-state index contributed by atoms with van der Waals surface area (Å²) in [6, 6.07) is 1.89. The SMILES string of the molecule is CCCS(=O)(=O)CCCN(c1ccc(F)c(C(=O)O)c1Cl)S(=O)O. The van der Waals surface area contributed by atoms with E-state index in [1.165, 1.54) is 0 Å². The number of carbonyl (C=O) groups is 1. The Balaban J connectivity index is 3.04. The summed E-state index contributed by atoms with van der Waals surface area (Å²) in [4.78, 5) is 11.0. The van der Waals surface area contributed by atoms with Gasteiger partial charge in [-0.25, -0.2) is 21.8 Å². The van der Waals surface area contributed by atoms with Gasteiger partial charge in [0.2, 0.25) is 0 Å². The molecular weight excluding hydrogens is 385 g/mol. The lowest BCUT2D eigenvalue weighted by atomic mass is 10.2. The van der Waals surface area contributed by atoms with Gasteiger partial charge in [0.05, 0.1) is 16.5 Å². The first-order chi connectivity index (χ1) is 11.1. The molecule has 1 atom stereocenters. The summed E-state index contributed by atoms with van der Waals surface area (Å²) >= 11 is 3.25. The van der Waals surface area contributed by atoms with E-state index in [0.717, 1.165) is 16.4 Å². The molecule has 2 N–H and O–H groups in total. The standard InChI is InChI=1S/C13H17ClFNO6S2/c1-2-7-24(21,22)8-3-6-16(23(19)20)10-5-4-9(15)11(12(10)14)13(17)18/h4-5H,2-3,6-8H2,1H3,(H,17,18)(H,19,20). The van der Waals surface area contributed by atoms with E-state index in [0.29, 0.717) is 6.42 Å². The predicted octanol–water partition coefficient (Wildman–Crippen LogP) is 2.34. The number of anilines is 1. The zero-order valence-corrected chi connectivity index (χ0v) is 15.1. The van der Waals surface area contributed by atoms with Crippen molar-refractivity contribution in [2.24, 2.45) is 0 Å². The summed E-state index contributed by atoms with van der Waals surface area (Å²) in [7, 11) is -3.27. The summed E-state index contributed by atoms with van der Waals surface area (Å²) in [5.41, 5.74) is -0.979. The molecule has 7 nitrogen and oxygen atoms in total. The van der Waals surface area contributed by atoms with Crippen LogP contribution in [-0.4, -0.2) is 46.3 Å². The molecule has 0 heterocycles. The van der Waals surface area contributed by atoms with Crippen molar-refractivity contribution >= 4 is 44.4 Å². The maximum Gasteiger partial charge on any atom is 0.340 e. The molecule has 0 amide bonds. The molecule has 0 bridgehead atoms. The molecule has 0 saturated carbocycles. The number of hydrogen-bond donors (Lipinski definition) is 2. The lowest BCUT2D eigenvalue weighted by molar-refractivity contribution is 0.0692. The molecule has 0 aromatic heterocycles. The monoisotopic (exact) mass is 401 g/mol. The van der Waals surface area contributed by atoms with Crippen LogP contribution in [0.15, 0.2) is 12.1 Å². The number of halogens is 2. The van der Waals surface area contributed by atoms with Gasteiger partial charge in [0.25, 0.3) is 11.3 Å². The van der Waals surface area contributed by atoms with E-state index in [1.807, 2.05) is 0 Å². The summed E-state index contributed by atoms with van der Waals surface area (Å²) < 4.78 is 58.5. The first kappa shape index (κ1) is 20.8. The van der Waals surface area contributed by atoms with Crippen molar-refractivity contribution in [2.45, 2.75) is 19.8 Å². The molecule has 0 aliphatic heterocycles. The van der Waals surface area contributed by atoms with Crippen molar-refractivity contribution < 1.29 is 31.5 Å². The summed E-state index contributed by atoms with van der Waals surface area (Å²) in [5, 5.41) is 8.45. The number of sulfone groups is 1. The average molecular weight is 402 g/mol. The van der Waals surface area contributed by atoms with Crippen molar-refractivity contribution in [3.63, 3.8) is 0 Å². The molecule has 0 aliphatic carbocycles. The Morgan fingerprint density at radius 3 is 2.50 bits per heavy atom. The molecule has 1 aromatic rings. The Labute approximate surface area is 146 Å².